The summed E-state index contributed by atoms with van der Waals surface area (Å²) in [6.07, 6.45) is 4.91. The van der Waals surface area contributed by atoms with Crippen molar-refractivity contribution in [3.63, 3.8) is 0 Å². The molecule has 0 spiro atoms. The lowest BCUT2D eigenvalue weighted by atomic mass is 10.2. The number of hydrogen-bond acceptors (Lipinski definition) is 6. The molecule has 0 N–H and O–H groups in total. The first-order chi connectivity index (χ1) is 12.7. The van der Waals surface area contributed by atoms with E-state index < -0.39 is 0 Å². The molecule has 2 heterocycles. The molecule has 5 rings (SSSR count). The minimum absolute atomic E-state index is 0.00388. The minimum atomic E-state index is 0.00388. The SMILES string of the molecule is CC(Sc1nnc(C2CC2)n1C1CC1)c1nnc(-c2cccc(Cl)c2)o1. The van der Waals surface area contributed by atoms with Crippen LogP contribution < -0.4 is 0 Å². The van der Waals surface area contributed by atoms with Gasteiger partial charge in [-0.2, -0.15) is 0 Å². The van der Waals surface area contributed by atoms with Crippen LogP contribution in [0.25, 0.3) is 11.5 Å². The maximum atomic E-state index is 6.05. The van der Waals surface area contributed by atoms with E-state index in [1.807, 2.05) is 24.3 Å². The molecular weight excluding hydrogens is 370 g/mol. The fourth-order valence-corrected chi connectivity index (χ4v) is 4.16. The molecule has 8 heteroatoms. The fourth-order valence-electron chi connectivity index (χ4n) is 3.01. The molecule has 2 fully saturated rings. The number of rotatable bonds is 6. The van der Waals surface area contributed by atoms with Gasteiger partial charge in [0.2, 0.25) is 11.8 Å². The molecule has 6 nitrogen and oxygen atoms in total. The van der Waals surface area contributed by atoms with E-state index >= 15 is 0 Å². The molecule has 3 aromatic rings. The van der Waals surface area contributed by atoms with E-state index in [4.69, 9.17) is 16.0 Å². The molecule has 0 radical (unpaired) electrons. The van der Waals surface area contributed by atoms with Gasteiger partial charge in [-0.25, -0.2) is 0 Å². The topological polar surface area (TPSA) is 69.6 Å². The first-order valence-electron chi connectivity index (χ1n) is 8.90. The van der Waals surface area contributed by atoms with Crippen LogP contribution in [0.5, 0.6) is 0 Å². The highest BCUT2D eigenvalue weighted by atomic mass is 35.5. The van der Waals surface area contributed by atoms with Crippen molar-refractivity contribution >= 4 is 23.4 Å². The van der Waals surface area contributed by atoms with Gasteiger partial charge in [0.1, 0.15) is 5.82 Å². The number of thioether (sulfide) groups is 1. The van der Waals surface area contributed by atoms with Crippen LogP contribution in [0.3, 0.4) is 0 Å². The van der Waals surface area contributed by atoms with E-state index in [0.717, 1.165) is 16.5 Å². The van der Waals surface area contributed by atoms with Crippen LogP contribution in [0.1, 0.15) is 61.5 Å². The van der Waals surface area contributed by atoms with Crippen molar-refractivity contribution in [3.05, 3.63) is 41.0 Å². The molecule has 2 saturated carbocycles. The first-order valence-corrected chi connectivity index (χ1v) is 10.2. The smallest absolute Gasteiger partial charge is 0.247 e. The van der Waals surface area contributed by atoms with Gasteiger partial charge in [0.25, 0.3) is 0 Å². The van der Waals surface area contributed by atoms with Crippen LogP contribution >= 0.6 is 23.4 Å². The molecule has 0 saturated heterocycles. The largest absolute Gasteiger partial charge is 0.419 e. The van der Waals surface area contributed by atoms with Crippen molar-refractivity contribution in [1.82, 2.24) is 25.0 Å². The summed E-state index contributed by atoms with van der Waals surface area (Å²) >= 11 is 7.68. The van der Waals surface area contributed by atoms with E-state index in [1.54, 1.807) is 11.8 Å². The predicted molar refractivity (Wildman–Crippen MR) is 99.3 cm³/mol. The zero-order valence-electron chi connectivity index (χ0n) is 14.3. The number of benzene rings is 1. The van der Waals surface area contributed by atoms with E-state index in [0.29, 0.717) is 28.8 Å². The monoisotopic (exact) mass is 387 g/mol. The fraction of sp³-hybridized carbons (Fsp3) is 0.444. The third kappa shape index (κ3) is 3.14. The quantitative estimate of drug-likeness (QED) is 0.551. The Hall–Kier alpha value is -1.86. The van der Waals surface area contributed by atoms with Crippen molar-refractivity contribution in [2.24, 2.45) is 0 Å². The number of halogens is 1. The average molecular weight is 388 g/mol. The summed E-state index contributed by atoms with van der Waals surface area (Å²) in [7, 11) is 0. The molecule has 26 heavy (non-hydrogen) atoms. The Labute approximate surface area is 160 Å². The van der Waals surface area contributed by atoms with Crippen LogP contribution in [-0.4, -0.2) is 25.0 Å². The third-order valence-corrected chi connectivity index (χ3v) is 5.97. The van der Waals surface area contributed by atoms with E-state index in [1.165, 1.54) is 25.7 Å². The summed E-state index contributed by atoms with van der Waals surface area (Å²) in [5.41, 5.74) is 0.825. The Morgan fingerprint density at radius 2 is 2.00 bits per heavy atom. The lowest BCUT2D eigenvalue weighted by Crippen LogP contribution is -2.02. The van der Waals surface area contributed by atoms with Gasteiger partial charge in [-0.3, -0.25) is 0 Å². The molecule has 1 unspecified atom stereocenters. The van der Waals surface area contributed by atoms with Crippen molar-refractivity contribution in [3.8, 4) is 11.5 Å². The summed E-state index contributed by atoms with van der Waals surface area (Å²) in [5.74, 6) is 2.83. The molecule has 0 aliphatic heterocycles. The third-order valence-electron chi connectivity index (χ3n) is 4.69. The van der Waals surface area contributed by atoms with Crippen LogP contribution in [0.4, 0.5) is 0 Å². The molecule has 134 valence electrons. The highest BCUT2D eigenvalue weighted by Crippen LogP contribution is 2.47. The maximum absolute atomic E-state index is 6.05. The molecule has 1 atom stereocenters. The van der Waals surface area contributed by atoms with Gasteiger partial charge in [0.05, 0.1) is 5.25 Å². The van der Waals surface area contributed by atoms with Gasteiger partial charge in [0.15, 0.2) is 5.16 Å². The lowest BCUT2D eigenvalue weighted by molar-refractivity contribution is 0.508. The summed E-state index contributed by atoms with van der Waals surface area (Å²) in [6.45, 7) is 2.06. The molecule has 2 aliphatic carbocycles. The van der Waals surface area contributed by atoms with E-state index in [2.05, 4.69) is 31.9 Å². The maximum Gasteiger partial charge on any atom is 0.247 e. The second-order valence-electron chi connectivity index (χ2n) is 6.93. The van der Waals surface area contributed by atoms with Gasteiger partial charge in [-0.15, -0.1) is 20.4 Å². The molecule has 2 aromatic heterocycles. The summed E-state index contributed by atoms with van der Waals surface area (Å²) in [6, 6.07) is 8.00. The lowest BCUT2D eigenvalue weighted by Gasteiger charge is -2.10. The highest BCUT2D eigenvalue weighted by molar-refractivity contribution is 7.99. The normalized spacial score (nSPS) is 18.2. The second kappa shape index (κ2) is 6.39. The molecule has 0 bridgehead atoms. The van der Waals surface area contributed by atoms with E-state index in [-0.39, 0.29) is 5.25 Å². The van der Waals surface area contributed by atoms with Gasteiger partial charge in [-0.05, 0) is 50.8 Å². The van der Waals surface area contributed by atoms with Crippen molar-refractivity contribution in [2.75, 3.05) is 0 Å². The molecule has 0 amide bonds. The van der Waals surface area contributed by atoms with Crippen molar-refractivity contribution in [2.45, 2.75) is 55.0 Å². The Kier molecular flexibility index (Phi) is 4.01. The standard InChI is InChI=1S/C18H18ClN5OS/c1-10(16-21-22-17(25-16)12-3-2-4-13(19)9-12)26-18-23-20-15(11-5-6-11)24(18)14-7-8-14/h2-4,9-11,14H,5-8H2,1H3. The Morgan fingerprint density at radius 1 is 1.15 bits per heavy atom. The predicted octanol–water partition coefficient (Wildman–Crippen LogP) is 5.05. The van der Waals surface area contributed by atoms with Crippen LogP contribution in [0.2, 0.25) is 5.02 Å². The average Bonchev–Trinajstić information content (AvgIpc) is 3.56. The summed E-state index contributed by atoms with van der Waals surface area (Å²) in [4.78, 5) is 0. The summed E-state index contributed by atoms with van der Waals surface area (Å²) < 4.78 is 8.22. The molecular formula is C18H18ClN5OS. The van der Waals surface area contributed by atoms with Crippen LogP contribution in [0, 0.1) is 0 Å². The second-order valence-corrected chi connectivity index (χ2v) is 8.68. The Bertz CT molecular complexity index is 947. The van der Waals surface area contributed by atoms with Crippen molar-refractivity contribution in [1.29, 1.82) is 0 Å². The Balaban J connectivity index is 1.37. The number of hydrogen-bond donors (Lipinski definition) is 0. The molecule has 2 aliphatic rings. The zero-order chi connectivity index (χ0) is 17.7. The summed E-state index contributed by atoms with van der Waals surface area (Å²) in [5, 5.41) is 18.9. The van der Waals surface area contributed by atoms with Crippen LogP contribution in [-0.2, 0) is 0 Å². The van der Waals surface area contributed by atoms with Gasteiger partial charge in [-0.1, -0.05) is 29.4 Å². The molecule has 1 aromatic carbocycles. The van der Waals surface area contributed by atoms with Crippen LogP contribution in [0.15, 0.2) is 33.8 Å². The first kappa shape index (κ1) is 16.3. The van der Waals surface area contributed by atoms with Gasteiger partial charge >= 0.3 is 0 Å². The number of nitrogens with zero attached hydrogens (tertiary/aromatic N) is 5. The number of aromatic nitrogens is 5. The van der Waals surface area contributed by atoms with Crippen molar-refractivity contribution < 1.29 is 4.42 Å². The van der Waals surface area contributed by atoms with Gasteiger partial charge in [0, 0.05) is 22.5 Å². The van der Waals surface area contributed by atoms with E-state index in [9.17, 15) is 0 Å². The minimum Gasteiger partial charge on any atom is -0.419 e. The zero-order valence-corrected chi connectivity index (χ0v) is 15.9. The van der Waals surface area contributed by atoms with Gasteiger partial charge < -0.3 is 8.98 Å². The highest BCUT2D eigenvalue weighted by Gasteiger charge is 2.37. The Morgan fingerprint density at radius 3 is 2.73 bits per heavy atom.